The highest BCUT2D eigenvalue weighted by atomic mass is 16.3. The molecule has 206 valence electrons. The number of hydrogen-bond donors (Lipinski definition) is 1. The first kappa shape index (κ1) is 28.0. The van der Waals surface area contributed by atoms with E-state index in [2.05, 4.69) is 53.2 Å². The monoisotopic (exact) mass is 528 g/mol. The number of furan rings is 1. The van der Waals surface area contributed by atoms with Crippen molar-refractivity contribution >= 4 is 28.4 Å². The summed E-state index contributed by atoms with van der Waals surface area (Å²) in [5.74, 6) is 0.596. The first-order valence-corrected chi connectivity index (χ1v) is 13.8. The molecule has 2 aromatic carbocycles. The molecule has 0 atom stereocenters. The predicted molar refractivity (Wildman–Crippen MR) is 156 cm³/mol. The molecule has 0 fully saturated rings. The van der Waals surface area contributed by atoms with Crippen molar-refractivity contribution in [3.63, 3.8) is 0 Å². The first-order chi connectivity index (χ1) is 18.9. The fourth-order valence-electron chi connectivity index (χ4n) is 4.78. The molecular weight excluding hydrogens is 488 g/mol. The van der Waals surface area contributed by atoms with Gasteiger partial charge in [0, 0.05) is 56.4 Å². The number of nitrogens with one attached hydrogen (secondary N) is 1. The van der Waals surface area contributed by atoms with Crippen LogP contribution in [0.1, 0.15) is 49.5 Å². The van der Waals surface area contributed by atoms with Gasteiger partial charge in [-0.1, -0.05) is 50.1 Å². The number of rotatable bonds is 14. The van der Waals surface area contributed by atoms with Crippen LogP contribution < -0.4 is 4.90 Å². The second-order valence-electron chi connectivity index (χ2n) is 10.3. The molecule has 0 aliphatic heterocycles. The average Bonchev–Trinajstić information content (AvgIpc) is 3.61. The molecule has 1 N–H and O–H groups in total. The third kappa shape index (κ3) is 7.76. The second kappa shape index (κ2) is 13.7. The zero-order valence-corrected chi connectivity index (χ0v) is 23.4. The highest BCUT2D eigenvalue weighted by Gasteiger charge is 2.23. The lowest BCUT2D eigenvalue weighted by Gasteiger charge is -2.28. The molecule has 39 heavy (non-hydrogen) atoms. The Bertz CT molecular complexity index is 1330. The summed E-state index contributed by atoms with van der Waals surface area (Å²) in [6.07, 6.45) is 7.63. The number of hydrogen-bond acceptors (Lipinski definition) is 4. The van der Waals surface area contributed by atoms with Crippen LogP contribution in [-0.2, 0) is 29.1 Å². The summed E-state index contributed by atoms with van der Waals surface area (Å²) in [5, 5.41) is 1.17. The molecule has 0 bridgehead atoms. The molecule has 0 aliphatic carbocycles. The van der Waals surface area contributed by atoms with Gasteiger partial charge in [-0.05, 0) is 54.3 Å². The minimum Gasteiger partial charge on any atom is -0.467 e. The van der Waals surface area contributed by atoms with E-state index in [1.807, 2.05) is 49.5 Å². The van der Waals surface area contributed by atoms with Crippen molar-refractivity contribution < 1.29 is 14.0 Å². The van der Waals surface area contributed by atoms with Gasteiger partial charge in [-0.15, -0.1) is 0 Å². The van der Waals surface area contributed by atoms with Crippen molar-refractivity contribution in [2.24, 2.45) is 0 Å². The minimum absolute atomic E-state index is 0.0138. The average molecular weight is 529 g/mol. The highest BCUT2D eigenvalue weighted by Crippen LogP contribution is 2.20. The number of para-hydroxylation sites is 1. The van der Waals surface area contributed by atoms with Crippen LogP contribution in [0.2, 0.25) is 0 Å². The summed E-state index contributed by atoms with van der Waals surface area (Å²) in [6, 6.07) is 20.1. The lowest BCUT2D eigenvalue weighted by Crippen LogP contribution is -2.43. The van der Waals surface area contributed by atoms with E-state index in [1.165, 1.54) is 10.9 Å². The summed E-state index contributed by atoms with van der Waals surface area (Å²) in [4.78, 5) is 35.9. The van der Waals surface area contributed by atoms with E-state index >= 15 is 0 Å². The van der Waals surface area contributed by atoms with E-state index in [0.29, 0.717) is 31.7 Å². The largest absolute Gasteiger partial charge is 0.467 e. The van der Waals surface area contributed by atoms with E-state index < -0.39 is 0 Å². The van der Waals surface area contributed by atoms with Crippen molar-refractivity contribution in [2.75, 3.05) is 32.1 Å². The fourth-order valence-corrected chi connectivity index (χ4v) is 4.78. The molecule has 4 aromatic rings. The molecule has 0 unspecified atom stereocenters. The first-order valence-electron chi connectivity index (χ1n) is 13.8. The van der Waals surface area contributed by atoms with Crippen molar-refractivity contribution in [3.05, 3.63) is 90.0 Å². The number of nitrogens with zero attached hydrogens (tertiary/aromatic N) is 3. The number of anilines is 1. The van der Waals surface area contributed by atoms with Gasteiger partial charge in [0.2, 0.25) is 11.8 Å². The highest BCUT2D eigenvalue weighted by molar-refractivity contribution is 5.85. The Morgan fingerprint density at radius 1 is 0.872 bits per heavy atom. The molecule has 2 heterocycles. The normalized spacial score (nSPS) is 11.1. The maximum absolute atomic E-state index is 13.8. The Hall–Kier alpha value is -4.00. The van der Waals surface area contributed by atoms with Gasteiger partial charge in [0.1, 0.15) is 12.3 Å². The quantitative estimate of drug-likeness (QED) is 0.204. The number of carbonyl (C=O) groups is 2. The van der Waals surface area contributed by atoms with Gasteiger partial charge in [-0.25, -0.2) is 0 Å². The van der Waals surface area contributed by atoms with E-state index in [9.17, 15) is 9.59 Å². The van der Waals surface area contributed by atoms with Crippen LogP contribution in [0, 0.1) is 0 Å². The van der Waals surface area contributed by atoms with Crippen LogP contribution in [0.4, 0.5) is 5.69 Å². The fraction of sp³-hybridized carbons (Fsp3) is 0.375. The summed E-state index contributed by atoms with van der Waals surface area (Å²) in [7, 11) is 4.02. The van der Waals surface area contributed by atoms with Crippen molar-refractivity contribution in [2.45, 2.75) is 52.1 Å². The van der Waals surface area contributed by atoms with Gasteiger partial charge in [-0.3, -0.25) is 9.59 Å². The maximum Gasteiger partial charge on any atom is 0.242 e. The van der Waals surface area contributed by atoms with Gasteiger partial charge in [0.25, 0.3) is 0 Å². The molecule has 2 amide bonds. The van der Waals surface area contributed by atoms with Crippen LogP contribution in [0.15, 0.2) is 77.5 Å². The van der Waals surface area contributed by atoms with E-state index in [-0.39, 0.29) is 24.9 Å². The Kier molecular flexibility index (Phi) is 9.84. The number of unbranched alkanes of at least 4 members (excludes halogenated alkanes) is 2. The van der Waals surface area contributed by atoms with Gasteiger partial charge in [-0.2, -0.15) is 0 Å². The molecule has 0 spiro atoms. The number of aromatic amines is 1. The van der Waals surface area contributed by atoms with Crippen molar-refractivity contribution in [3.8, 4) is 0 Å². The topological polar surface area (TPSA) is 72.8 Å². The van der Waals surface area contributed by atoms with Gasteiger partial charge in [0.15, 0.2) is 0 Å². The lowest BCUT2D eigenvalue weighted by atomic mass is 10.1. The van der Waals surface area contributed by atoms with Crippen LogP contribution in [-0.4, -0.2) is 53.8 Å². The molecular formula is C32H40N4O3. The number of amides is 2. The number of H-pyrrole nitrogens is 1. The minimum atomic E-state index is -0.0677. The van der Waals surface area contributed by atoms with Crippen LogP contribution in [0.5, 0.6) is 0 Å². The van der Waals surface area contributed by atoms with E-state index in [4.69, 9.17) is 4.42 Å². The number of benzene rings is 2. The van der Waals surface area contributed by atoms with Gasteiger partial charge in [0.05, 0.1) is 12.8 Å². The Labute approximate surface area is 231 Å². The van der Waals surface area contributed by atoms with Crippen LogP contribution in [0.3, 0.4) is 0 Å². The third-order valence-electron chi connectivity index (χ3n) is 7.10. The van der Waals surface area contributed by atoms with Gasteiger partial charge < -0.3 is 24.1 Å². The molecule has 4 rings (SSSR count). The number of fused-ring (bicyclic) bond motifs is 1. The lowest BCUT2D eigenvalue weighted by molar-refractivity contribution is -0.141. The third-order valence-corrected chi connectivity index (χ3v) is 7.10. The molecule has 0 saturated carbocycles. The summed E-state index contributed by atoms with van der Waals surface area (Å²) < 4.78 is 5.52. The van der Waals surface area contributed by atoms with Crippen molar-refractivity contribution in [1.82, 2.24) is 14.8 Å². The summed E-state index contributed by atoms with van der Waals surface area (Å²) in [5.41, 5.74) is 4.43. The summed E-state index contributed by atoms with van der Waals surface area (Å²) in [6.45, 7) is 3.46. The predicted octanol–water partition coefficient (Wildman–Crippen LogP) is 6.01. The maximum atomic E-state index is 13.8. The molecule has 2 aromatic heterocycles. The molecule has 7 nitrogen and oxygen atoms in total. The standard InChI is InChI=1S/C32H40N4O3/c1-4-5-6-13-31(37)36(23-28-10-9-20-39-28)24-32(38)35(22-25-14-16-27(17-15-25)34(2)3)19-18-26-21-33-30-12-8-7-11-29(26)30/h7-12,14-17,20-21,33H,4-6,13,18-19,22-24H2,1-3H3. The van der Waals surface area contributed by atoms with E-state index in [1.54, 1.807) is 11.2 Å². The second-order valence-corrected chi connectivity index (χ2v) is 10.3. The van der Waals surface area contributed by atoms with Gasteiger partial charge >= 0.3 is 0 Å². The molecule has 0 saturated heterocycles. The summed E-state index contributed by atoms with van der Waals surface area (Å²) >= 11 is 0. The number of aromatic nitrogens is 1. The molecule has 0 aliphatic rings. The molecule has 0 radical (unpaired) electrons. The number of carbonyl (C=O) groups excluding carboxylic acids is 2. The Balaban J connectivity index is 1.52. The van der Waals surface area contributed by atoms with E-state index in [0.717, 1.165) is 36.0 Å². The smallest absolute Gasteiger partial charge is 0.242 e. The Morgan fingerprint density at radius 3 is 2.38 bits per heavy atom. The molecule has 7 heteroatoms. The SMILES string of the molecule is CCCCCC(=O)N(CC(=O)N(CCc1c[nH]c2ccccc12)Cc1ccc(N(C)C)cc1)Cc1ccco1. The zero-order chi connectivity index (χ0) is 27.6. The zero-order valence-electron chi connectivity index (χ0n) is 23.4. The van der Waals surface area contributed by atoms with Crippen LogP contribution in [0.25, 0.3) is 10.9 Å². The van der Waals surface area contributed by atoms with Crippen molar-refractivity contribution in [1.29, 1.82) is 0 Å². The Morgan fingerprint density at radius 2 is 1.67 bits per heavy atom. The van der Waals surface area contributed by atoms with Crippen LogP contribution >= 0.6 is 0 Å².